The molecule has 1 aromatic heterocycles. The summed E-state index contributed by atoms with van der Waals surface area (Å²) < 4.78 is 18.9. The Balaban J connectivity index is 1.59. The Hall–Kier alpha value is -2.93. The minimum Gasteiger partial charge on any atom is -0.496 e. The molecule has 0 saturated heterocycles. The van der Waals surface area contributed by atoms with Gasteiger partial charge in [0.05, 0.1) is 19.0 Å². The van der Waals surface area contributed by atoms with Gasteiger partial charge < -0.3 is 18.8 Å². The Morgan fingerprint density at radius 1 is 1.17 bits per heavy atom. The zero-order chi connectivity index (χ0) is 20.2. The topological polar surface area (TPSA) is 62.6 Å². The number of hydrogen-bond donors (Lipinski definition) is 0. The Kier molecular flexibility index (Phi) is 5.76. The highest BCUT2D eigenvalue weighted by atomic mass is 32.2. The highest BCUT2D eigenvalue weighted by Gasteiger charge is 2.17. The molecule has 0 fully saturated rings. The fourth-order valence-electron chi connectivity index (χ4n) is 3.34. The normalized spacial score (nSPS) is 12.6. The Bertz CT molecular complexity index is 1030. The number of aromatic nitrogens is 2. The van der Waals surface area contributed by atoms with E-state index in [9.17, 15) is 4.79 Å². The lowest BCUT2D eigenvalue weighted by atomic mass is 10.1. The van der Waals surface area contributed by atoms with Crippen molar-refractivity contribution >= 4 is 18.0 Å². The van der Waals surface area contributed by atoms with Gasteiger partial charge in [-0.15, -0.1) is 0 Å². The predicted octanol–water partition coefficient (Wildman–Crippen LogP) is 4.45. The molecule has 6 nitrogen and oxygen atoms in total. The van der Waals surface area contributed by atoms with E-state index in [0.29, 0.717) is 24.5 Å². The van der Waals surface area contributed by atoms with E-state index >= 15 is 0 Å². The number of fused-ring (bicyclic) bond motifs is 1. The third-order valence-corrected chi connectivity index (χ3v) is 5.81. The first-order chi connectivity index (χ1) is 14.2. The number of benzene rings is 2. The van der Waals surface area contributed by atoms with Crippen LogP contribution < -0.4 is 14.2 Å². The molecule has 4 rings (SSSR count). The fourth-order valence-corrected chi connectivity index (χ4v) is 4.36. The van der Waals surface area contributed by atoms with E-state index < -0.39 is 0 Å². The van der Waals surface area contributed by atoms with Crippen LogP contribution >= 0.6 is 11.8 Å². The molecule has 3 aromatic rings. The number of thioether (sulfide) groups is 1. The van der Waals surface area contributed by atoms with Crippen molar-refractivity contribution in [3.05, 3.63) is 53.7 Å². The summed E-state index contributed by atoms with van der Waals surface area (Å²) in [5, 5.41) is 0.913. The van der Waals surface area contributed by atoms with Crippen molar-refractivity contribution in [1.29, 1.82) is 0 Å². The molecule has 0 aliphatic carbocycles. The third kappa shape index (κ3) is 3.96. The molecule has 0 N–H and O–H groups in total. The van der Waals surface area contributed by atoms with Crippen LogP contribution in [0.5, 0.6) is 17.2 Å². The van der Waals surface area contributed by atoms with Gasteiger partial charge in [-0.2, -0.15) is 0 Å². The van der Waals surface area contributed by atoms with Crippen molar-refractivity contribution < 1.29 is 19.0 Å². The van der Waals surface area contributed by atoms with Gasteiger partial charge in [0.25, 0.3) is 0 Å². The number of aldehydes is 1. The van der Waals surface area contributed by atoms with Crippen LogP contribution in [0.1, 0.15) is 22.8 Å². The summed E-state index contributed by atoms with van der Waals surface area (Å²) in [5.74, 6) is 2.97. The van der Waals surface area contributed by atoms with E-state index in [2.05, 4.69) is 16.5 Å². The van der Waals surface area contributed by atoms with Crippen LogP contribution in [-0.2, 0) is 12.3 Å². The van der Waals surface area contributed by atoms with Crippen molar-refractivity contribution in [2.24, 2.45) is 0 Å². The smallest absolute Gasteiger partial charge is 0.168 e. The first kappa shape index (κ1) is 19.4. The summed E-state index contributed by atoms with van der Waals surface area (Å²) in [5.41, 5.74) is 3.67. The minimum absolute atomic E-state index is 0.562. The molecule has 7 heteroatoms. The second kappa shape index (κ2) is 8.61. The molecule has 0 atom stereocenters. The lowest BCUT2D eigenvalue weighted by molar-refractivity contribution is 0.112. The quantitative estimate of drug-likeness (QED) is 0.423. The average molecular weight is 410 g/mol. The van der Waals surface area contributed by atoms with E-state index in [1.165, 1.54) is 0 Å². The molecule has 150 valence electrons. The molecule has 0 saturated carbocycles. The second-order valence-corrected chi connectivity index (χ2v) is 7.45. The van der Waals surface area contributed by atoms with Gasteiger partial charge in [-0.1, -0.05) is 11.8 Å². The molecule has 2 heterocycles. The molecular formula is C22H22N2O4S. The summed E-state index contributed by atoms with van der Waals surface area (Å²) in [7, 11) is 1.64. The molecule has 0 unspecified atom stereocenters. The lowest BCUT2D eigenvalue weighted by Crippen LogP contribution is -2.15. The maximum Gasteiger partial charge on any atom is 0.168 e. The van der Waals surface area contributed by atoms with Crippen LogP contribution in [0.25, 0.3) is 11.3 Å². The van der Waals surface area contributed by atoms with Gasteiger partial charge in [-0.3, -0.25) is 4.79 Å². The van der Waals surface area contributed by atoms with Crippen molar-refractivity contribution in [3.8, 4) is 28.5 Å². The monoisotopic (exact) mass is 410 g/mol. The van der Waals surface area contributed by atoms with Crippen molar-refractivity contribution in [2.45, 2.75) is 24.4 Å². The van der Waals surface area contributed by atoms with Gasteiger partial charge in [0, 0.05) is 29.0 Å². The summed E-state index contributed by atoms with van der Waals surface area (Å²) in [6.45, 7) is 4.03. The van der Waals surface area contributed by atoms with Gasteiger partial charge in [-0.25, -0.2) is 4.98 Å². The van der Waals surface area contributed by atoms with Crippen LogP contribution in [0, 0.1) is 0 Å². The van der Waals surface area contributed by atoms with Crippen LogP contribution in [0.4, 0.5) is 0 Å². The Labute approximate surface area is 173 Å². The van der Waals surface area contributed by atoms with Crippen molar-refractivity contribution in [3.63, 3.8) is 0 Å². The maximum atomic E-state index is 11.1. The van der Waals surface area contributed by atoms with Gasteiger partial charge >= 0.3 is 0 Å². The van der Waals surface area contributed by atoms with Crippen molar-refractivity contribution in [1.82, 2.24) is 9.55 Å². The minimum atomic E-state index is 0.562. The molecule has 1 aliphatic heterocycles. The summed E-state index contributed by atoms with van der Waals surface area (Å²) >= 11 is 1.62. The molecule has 29 heavy (non-hydrogen) atoms. The summed E-state index contributed by atoms with van der Waals surface area (Å²) in [6.07, 6.45) is 2.73. The lowest BCUT2D eigenvalue weighted by Gasteiger charge is -2.19. The van der Waals surface area contributed by atoms with E-state index in [0.717, 1.165) is 52.1 Å². The average Bonchev–Trinajstić information content (AvgIpc) is 3.20. The van der Waals surface area contributed by atoms with Gasteiger partial charge in [0.15, 0.2) is 16.7 Å². The van der Waals surface area contributed by atoms with Gasteiger partial charge in [0.1, 0.15) is 25.2 Å². The molecule has 2 aromatic carbocycles. The van der Waals surface area contributed by atoms with Crippen LogP contribution in [0.15, 0.2) is 47.8 Å². The standard InChI is InChI=1S/C22H22N2O4S/c1-3-24-18(16-5-7-20-21(11-16)28-9-8-27-20)12-23-22(24)29-14-17-10-15(13-25)4-6-19(17)26-2/h4-7,10-13H,3,8-9,14H2,1-2H3. The number of ether oxygens (including phenoxy) is 3. The number of carbonyl (C=O) groups is 1. The number of carbonyl (C=O) groups excluding carboxylic acids is 1. The molecule has 0 radical (unpaired) electrons. The molecule has 1 aliphatic rings. The highest BCUT2D eigenvalue weighted by Crippen LogP contribution is 2.36. The SMILES string of the molecule is CCn1c(-c2ccc3c(c2)OCCO3)cnc1SCc1cc(C=O)ccc1OC. The number of rotatable bonds is 7. The van der Waals surface area contributed by atoms with Crippen LogP contribution in [0.2, 0.25) is 0 Å². The first-order valence-electron chi connectivity index (χ1n) is 9.44. The molecule has 0 spiro atoms. The Morgan fingerprint density at radius 3 is 2.76 bits per heavy atom. The number of imidazole rings is 1. The predicted molar refractivity (Wildman–Crippen MR) is 112 cm³/mol. The van der Waals surface area contributed by atoms with E-state index in [1.54, 1.807) is 24.9 Å². The van der Waals surface area contributed by atoms with Crippen LogP contribution in [-0.4, -0.2) is 36.2 Å². The number of nitrogens with zero attached hydrogens (tertiary/aromatic N) is 2. The van der Waals surface area contributed by atoms with E-state index in [1.807, 2.05) is 36.5 Å². The highest BCUT2D eigenvalue weighted by molar-refractivity contribution is 7.98. The zero-order valence-corrected chi connectivity index (χ0v) is 17.2. The summed E-state index contributed by atoms with van der Waals surface area (Å²) in [6, 6.07) is 11.4. The van der Waals surface area contributed by atoms with Crippen molar-refractivity contribution in [2.75, 3.05) is 20.3 Å². The van der Waals surface area contributed by atoms with Crippen LogP contribution in [0.3, 0.4) is 0 Å². The Morgan fingerprint density at radius 2 is 2.00 bits per heavy atom. The summed E-state index contributed by atoms with van der Waals surface area (Å²) in [4.78, 5) is 15.7. The first-order valence-corrected chi connectivity index (χ1v) is 10.4. The van der Waals surface area contributed by atoms with Gasteiger partial charge in [0.2, 0.25) is 0 Å². The zero-order valence-electron chi connectivity index (χ0n) is 16.4. The largest absolute Gasteiger partial charge is 0.496 e. The third-order valence-electron chi connectivity index (χ3n) is 4.77. The maximum absolute atomic E-state index is 11.1. The number of methoxy groups -OCH3 is 1. The van der Waals surface area contributed by atoms with E-state index in [-0.39, 0.29) is 0 Å². The fraction of sp³-hybridized carbons (Fsp3) is 0.273. The molecule has 0 amide bonds. The molecular weight excluding hydrogens is 388 g/mol. The van der Waals surface area contributed by atoms with E-state index in [4.69, 9.17) is 14.2 Å². The number of hydrogen-bond acceptors (Lipinski definition) is 6. The second-order valence-electron chi connectivity index (χ2n) is 6.51. The molecule has 0 bridgehead atoms. The van der Waals surface area contributed by atoms with Gasteiger partial charge in [-0.05, 0) is 43.3 Å².